The molecule has 2 aromatic rings. The molecule has 1 aliphatic heterocycles. The second-order valence-electron chi connectivity index (χ2n) is 5.36. The average Bonchev–Trinajstić information content (AvgIpc) is 3.10. The zero-order chi connectivity index (χ0) is 16.9. The van der Waals surface area contributed by atoms with Gasteiger partial charge in [-0.1, -0.05) is 0 Å². The van der Waals surface area contributed by atoms with Gasteiger partial charge in [0, 0.05) is 31.1 Å². The van der Waals surface area contributed by atoms with E-state index in [1.807, 2.05) is 0 Å². The number of carbonyl (C=O) groups is 1. The van der Waals surface area contributed by atoms with E-state index in [1.54, 1.807) is 0 Å². The van der Waals surface area contributed by atoms with E-state index in [-0.39, 0.29) is 29.3 Å². The van der Waals surface area contributed by atoms with Crippen LogP contribution in [-0.4, -0.2) is 35.1 Å². The van der Waals surface area contributed by atoms with Crippen LogP contribution in [0.4, 0.5) is 20.4 Å². The predicted octanol–water partition coefficient (Wildman–Crippen LogP) is 2.41. The van der Waals surface area contributed by atoms with Gasteiger partial charge in [0.2, 0.25) is 5.95 Å². The number of ether oxygens (including phenoxy) is 1. The maximum Gasteiger partial charge on any atom is 0.270 e. The van der Waals surface area contributed by atoms with Gasteiger partial charge >= 0.3 is 0 Å². The highest BCUT2D eigenvalue weighted by Crippen LogP contribution is 2.16. The molecule has 1 fully saturated rings. The van der Waals surface area contributed by atoms with Crippen LogP contribution in [0, 0.1) is 11.6 Å². The van der Waals surface area contributed by atoms with Crippen molar-refractivity contribution in [2.75, 3.05) is 18.5 Å². The van der Waals surface area contributed by atoms with Crippen LogP contribution in [0.3, 0.4) is 0 Å². The summed E-state index contributed by atoms with van der Waals surface area (Å²) >= 11 is 0. The number of aromatic nitrogens is 2. The fraction of sp³-hybridized carbons (Fsp3) is 0.312. The predicted molar refractivity (Wildman–Crippen MR) is 83.0 cm³/mol. The summed E-state index contributed by atoms with van der Waals surface area (Å²) in [5.41, 5.74) is 0.457. The van der Waals surface area contributed by atoms with E-state index in [4.69, 9.17) is 4.74 Å². The van der Waals surface area contributed by atoms with E-state index in [0.29, 0.717) is 6.54 Å². The minimum Gasteiger partial charge on any atom is -0.376 e. The van der Waals surface area contributed by atoms with Crippen LogP contribution >= 0.6 is 0 Å². The number of rotatable bonds is 5. The first-order valence-electron chi connectivity index (χ1n) is 7.57. The lowest BCUT2D eigenvalue weighted by Gasteiger charge is -2.11. The van der Waals surface area contributed by atoms with Gasteiger partial charge in [0.1, 0.15) is 5.69 Å². The highest BCUT2D eigenvalue weighted by atomic mass is 19.2. The Bertz CT molecular complexity index is 736. The molecule has 8 heteroatoms. The standard InChI is InChI=1S/C16H16F2N4O2/c17-12-4-3-10(8-13(12)18)21-16-19-6-5-14(22-16)15(23)20-9-11-2-1-7-24-11/h3-6,8,11H,1-2,7,9H2,(H,20,23)(H,19,21,22). The summed E-state index contributed by atoms with van der Waals surface area (Å²) in [5, 5.41) is 5.49. The maximum atomic E-state index is 13.2. The molecule has 6 nitrogen and oxygen atoms in total. The Labute approximate surface area is 137 Å². The molecule has 126 valence electrons. The van der Waals surface area contributed by atoms with Gasteiger partial charge in [-0.3, -0.25) is 4.79 Å². The summed E-state index contributed by atoms with van der Waals surface area (Å²) in [5.74, 6) is -2.15. The quantitative estimate of drug-likeness (QED) is 0.878. The van der Waals surface area contributed by atoms with Crippen molar-refractivity contribution >= 4 is 17.5 Å². The van der Waals surface area contributed by atoms with Crippen molar-refractivity contribution in [2.24, 2.45) is 0 Å². The molecule has 0 radical (unpaired) electrons. The van der Waals surface area contributed by atoms with E-state index < -0.39 is 11.6 Å². The van der Waals surface area contributed by atoms with Crippen LogP contribution in [0.2, 0.25) is 0 Å². The first-order chi connectivity index (χ1) is 11.6. The fourth-order valence-electron chi connectivity index (χ4n) is 2.35. The summed E-state index contributed by atoms with van der Waals surface area (Å²) in [6, 6.07) is 4.81. The Morgan fingerprint density at radius 2 is 2.17 bits per heavy atom. The minimum atomic E-state index is -0.981. The highest BCUT2D eigenvalue weighted by molar-refractivity contribution is 5.92. The number of carbonyl (C=O) groups excluding carboxylic acids is 1. The van der Waals surface area contributed by atoms with E-state index in [0.717, 1.165) is 31.6 Å². The summed E-state index contributed by atoms with van der Waals surface area (Å²) in [7, 11) is 0. The first kappa shape index (κ1) is 16.3. The third-order valence-corrected chi connectivity index (χ3v) is 3.58. The van der Waals surface area contributed by atoms with Crippen LogP contribution < -0.4 is 10.6 Å². The molecule has 1 unspecified atom stereocenters. The molecule has 2 N–H and O–H groups in total. The number of hydrogen-bond donors (Lipinski definition) is 2. The van der Waals surface area contributed by atoms with E-state index in [2.05, 4.69) is 20.6 Å². The maximum absolute atomic E-state index is 13.2. The highest BCUT2D eigenvalue weighted by Gasteiger charge is 2.17. The third kappa shape index (κ3) is 4.02. The van der Waals surface area contributed by atoms with Gasteiger partial charge in [0.05, 0.1) is 6.10 Å². The summed E-state index contributed by atoms with van der Waals surface area (Å²) in [6.45, 7) is 1.14. The molecule has 24 heavy (non-hydrogen) atoms. The summed E-state index contributed by atoms with van der Waals surface area (Å²) < 4.78 is 31.6. The summed E-state index contributed by atoms with van der Waals surface area (Å²) in [4.78, 5) is 20.1. The zero-order valence-corrected chi connectivity index (χ0v) is 12.8. The Kier molecular flexibility index (Phi) is 4.95. The fourth-order valence-corrected chi connectivity index (χ4v) is 2.35. The molecule has 0 saturated carbocycles. The number of nitrogens with one attached hydrogen (secondary N) is 2. The van der Waals surface area contributed by atoms with Gasteiger partial charge in [-0.25, -0.2) is 18.7 Å². The molecule has 0 spiro atoms. The second-order valence-corrected chi connectivity index (χ2v) is 5.36. The Balaban J connectivity index is 1.64. The van der Waals surface area contributed by atoms with Crippen molar-refractivity contribution in [1.29, 1.82) is 0 Å². The molecule has 2 heterocycles. The monoisotopic (exact) mass is 334 g/mol. The summed E-state index contributed by atoms with van der Waals surface area (Å²) in [6.07, 6.45) is 3.37. The van der Waals surface area contributed by atoms with Gasteiger partial charge < -0.3 is 15.4 Å². The van der Waals surface area contributed by atoms with Crippen molar-refractivity contribution in [3.8, 4) is 0 Å². The molecular weight excluding hydrogens is 318 g/mol. The lowest BCUT2D eigenvalue weighted by atomic mass is 10.2. The first-order valence-corrected chi connectivity index (χ1v) is 7.57. The Morgan fingerprint density at radius 3 is 2.92 bits per heavy atom. The van der Waals surface area contributed by atoms with Crippen LogP contribution in [0.1, 0.15) is 23.3 Å². The lowest BCUT2D eigenvalue weighted by Crippen LogP contribution is -2.32. The number of amides is 1. The topological polar surface area (TPSA) is 76.1 Å². The van der Waals surface area contributed by atoms with Crippen molar-refractivity contribution in [3.63, 3.8) is 0 Å². The number of anilines is 2. The molecule has 3 rings (SSSR count). The minimum absolute atomic E-state index is 0.0376. The number of benzene rings is 1. The lowest BCUT2D eigenvalue weighted by molar-refractivity contribution is 0.0853. The SMILES string of the molecule is O=C(NCC1CCCO1)c1ccnc(Nc2ccc(F)c(F)c2)n1. The van der Waals surface area contributed by atoms with Crippen molar-refractivity contribution in [1.82, 2.24) is 15.3 Å². The Hall–Kier alpha value is -2.61. The largest absolute Gasteiger partial charge is 0.376 e. The molecule has 1 aromatic heterocycles. The van der Waals surface area contributed by atoms with Gasteiger partial charge in [-0.2, -0.15) is 0 Å². The third-order valence-electron chi connectivity index (χ3n) is 3.58. The normalized spacial score (nSPS) is 16.8. The molecule has 1 amide bonds. The van der Waals surface area contributed by atoms with Crippen LogP contribution in [0.25, 0.3) is 0 Å². The molecule has 1 aromatic carbocycles. The van der Waals surface area contributed by atoms with Crippen LogP contribution in [-0.2, 0) is 4.74 Å². The van der Waals surface area contributed by atoms with E-state index >= 15 is 0 Å². The van der Waals surface area contributed by atoms with Gasteiger partial charge in [0.25, 0.3) is 5.91 Å². The number of nitrogens with zero attached hydrogens (tertiary/aromatic N) is 2. The molecule has 1 atom stereocenters. The molecule has 1 saturated heterocycles. The number of hydrogen-bond acceptors (Lipinski definition) is 5. The van der Waals surface area contributed by atoms with Crippen LogP contribution in [0.15, 0.2) is 30.5 Å². The smallest absolute Gasteiger partial charge is 0.270 e. The Morgan fingerprint density at radius 1 is 1.29 bits per heavy atom. The van der Waals surface area contributed by atoms with Crippen molar-refractivity contribution < 1.29 is 18.3 Å². The molecular formula is C16H16F2N4O2. The van der Waals surface area contributed by atoms with E-state index in [1.165, 1.54) is 18.3 Å². The number of halogens is 2. The zero-order valence-electron chi connectivity index (χ0n) is 12.8. The second kappa shape index (κ2) is 7.31. The molecule has 0 bridgehead atoms. The van der Waals surface area contributed by atoms with Gasteiger partial charge in [-0.05, 0) is 31.0 Å². The van der Waals surface area contributed by atoms with Crippen molar-refractivity contribution in [3.05, 3.63) is 47.8 Å². The molecule has 1 aliphatic rings. The average molecular weight is 334 g/mol. The van der Waals surface area contributed by atoms with Crippen LogP contribution in [0.5, 0.6) is 0 Å². The molecule has 0 aliphatic carbocycles. The van der Waals surface area contributed by atoms with Gasteiger partial charge in [0.15, 0.2) is 11.6 Å². The van der Waals surface area contributed by atoms with E-state index in [9.17, 15) is 13.6 Å². The van der Waals surface area contributed by atoms with Gasteiger partial charge in [-0.15, -0.1) is 0 Å². The van der Waals surface area contributed by atoms with Crippen molar-refractivity contribution in [2.45, 2.75) is 18.9 Å².